The van der Waals surface area contributed by atoms with Gasteiger partial charge in [-0.05, 0) is 37.8 Å². The lowest BCUT2D eigenvalue weighted by Gasteiger charge is -2.36. The monoisotopic (exact) mass is 440 g/mol. The Morgan fingerprint density at radius 2 is 1.23 bits per heavy atom. The maximum absolute atomic E-state index is 14.0. The number of hydrogen-bond donors (Lipinski definition) is 0. The fourth-order valence-corrected chi connectivity index (χ4v) is 5.92. The first kappa shape index (κ1) is 25.0. The first-order valence-electron chi connectivity index (χ1n) is 10.9. The molecule has 0 fully saturated rings. The number of hydrogen-bond acceptors (Lipinski definition) is 4. The molecule has 0 saturated heterocycles. The van der Waals surface area contributed by atoms with Crippen LogP contribution in [-0.4, -0.2) is 24.2 Å². The maximum Gasteiger partial charge on any atom is 0.344 e. The van der Waals surface area contributed by atoms with E-state index >= 15 is 0 Å². The molecule has 0 atom stereocenters. The summed E-state index contributed by atoms with van der Waals surface area (Å²) in [6.07, 6.45) is 8.49. The summed E-state index contributed by atoms with van der Waals surface area (Å²) in [6, 6.07) is 19.7. The second-order valence-corrected chi connectivity index (χ2v) is 9.54. The fraction of sp³-hybridized carbons (Fsp3) is 0.346. The Balaban J connectivity index is 2.46. The van der Waals surface area contributed by atoms with E-state index in [0.29, 0.717) is 0 Å². The standard InChI is InChI=1S/C26H33O4P/c1-4-25(27)26(31(28,29-5-2)30-6-3,21-13-19-23-15-9-7-10-16-23)22-14-20-24-17-11-8-12-18-24/h7-20H,4-6,21-22H2,1-3H3/b19-13+,20-14+. The molecule has 2 rings (SSSR count). The van der Waals surface area contributed by atoms with Crippen LogP contribution < -0.4 is 0 Å². The molecule has 0 heterocycles. The summed E-state index contributed by atoms with van der Waals surface area (Å²) in [5, 5.41) is -1.27. The van der Waals surface area contributed by atoms with Gasteiger partial charge in [0.15, 0.2) is 5.78 Å². The number of ketones is 1. The molecule has 4 nitrogen and oxygen atoms in total. The van der Waals surface area contributed by atoms with Crippen molar-refractivity contribution < 1.29 is 18.4 Å². The van der Waals surface area contributed by atoms with Crippen molar-refractivity contribution in [3.05, 3.63) is 83.9 Å². The number of allylic oxidation sites excluding steroid dienone is 2. The van der Waals surface area contributed by atoms with E-state index in [0.717, 1.165) is 11.1 Å². The molecule has 0 amide bonds. The highest BCUT2D eigenvalue weighted by molar-refractivity contribution is 7.56. The van der Waals surface area contributed by atoms with Crippen molar-refractivity contribution in [2.75, 3.05) is 13.2 Å². The van der Waals surface area contributed by atoms with Crippen LogP contribution in [0.2, 0.25) is 0 Å². The third-order valence-corrected chi connectivity index (χ3v) is 7.95. The zero-order valence-corrected chi connectivity index (χ0v) is 19.6. The molecule has 0 unspecified atom stereocenters. The number of carbonyl (C=O) groups excluding carboxylic acids is 1. The van der Waals surface area contributed by atoms with Crippen LogP contribution in [0.15, 0.2) is 72.8 Å². The van der Waals surface area contributed by atoms with Crippen LogP contribution in [0.3, 0.4) is 0 Å². The minimum atomic E-state index is -3.73. The summed E-state index contributed by atoms with van der Waals surface area (Å²) in [5.74, 6) is -0.117. The Kier molecular flexibility index (Phi) is 10.1. The van der Waals surface area contributed by atoms with E-state index in [9.17, 15) is 9.36 Å². The lowest BCUT2D eigenvalue weighted by atomic mass is 9.92. The average Bonchev–Trinajstić information content (AvgIpc) is 2.79. The maximum atomic E-state index is 14.0. The van der Waals surface area contributed by atoms with Crippen LogP contribution in [0, 0.1) is 0 Å². The van der Waals surface area contributed by atoms with Gasteiger partial charge in [0.05, 0.1) is 13.2 Å². The summed E-state index contributed by atoms with van der Waals surface area (Å²) >= 11 is 0. The Morgan fingerprint density at radius 1 is 0.806 bits per heavy atom. The Bertz CT molecular complexity index is 842. The van der Waals surface area contributed by atoms with Crippen LogP contribution in [-0.2, 0) is 18.4 Å². The fourth-order valence-electron chi connectivity index (χ4n) is 3.55. The first-order valence-corrected chi connectivity index (χ1v) is 12.4. The summed E-state index contributed by atoms with van der Waals surface area (Å²) < 4.78 is 25.4. The van der Waals surface area contributed by atoms with Crippen LogP contribution in [0.25, 0.3) is 12.2 Å². The van der Waals surface area contributed by atoms with Crippen LogP contribution >= 0.6 is 7.60 Å². The van der Waals surface area contributed by atoms with Gasteiger partial charge in [0.1, 0.15) is 5.16 Å². The molecule has 0 bridgehead atoms. The van der Waals surface area contributed by atoms with Crippen LogP contribution in [0.4, 0.5) is 0 Å². The topological polar surface area (TPSA) is 52.6 Å². The number of Topliss-reactive ketones (excluding diaryl/α,β-unsaturated/α-hetero) is 1. The van der Waals surface area contributed by atoms with Crippen LogP contribution in [0.1, 0.15) is 51.2 Å². The van der Waals surface area contributed by atoms with Gasteiger partial charge in [0, 0.05) is 6.42 Å². The highest BCUT2D eigenvalue weighted by Gasteiger charge is 2.54. The van der Waals surface area contributed by atoms with Gasteiger partial charge in [0.2, 0.25) is 0 Å². The van der Waals surface area contributed by atoms with Gasteiger partial charge in [-0.1, -0.05) is 91.9 Å². The summed E-state index contributed by atoms with van der Waals surface area (Å²) in [7, 11) is -3.73. The molecule has 2 aromatic carbocycles. The van der Waals surface area contributed by atoms with E-state index in [2.05, 4.69) is 0 Å². The highest BCUT2D eigenvalue weighted by Crippen LogP contribution is 2.64. The molecule has 0 saturated carbocycles. The Labute approximate surface area is 186 Å². The highest BCUT2D eigenvalue weighted by atomic mass is 31.2. The van der Waals surface area contributed by atoms with Crippen molar-refractivity contribution in [3.63, 3.8) is 0 Å². The quantitative estimate of drug-likeness (QED) is 0.310. The lowest BCUT2D eigenvalue weighted by molar-refractivity contribution is -0.121. The third-order valence-electron chi connectivity index (χ3n) is 5.09. The molecule has 166 valence electrons. The lowest BCUT2D eigenvalue weighted by Crippen LogP contribution is -2.39. The van der Waals surface area contributed by atoms with Gasteiger partial charge in [-0.2, -0.15) is 0 Å². The average molecular weight is 441 g/mol. The molecule has 0 aliphatic heterocycles. The SMILES string of the molecule is CCOP(=O)(OCC)C(C/C=C/c1ccccc1)(C/C=C/c1ccccc1)C(=O)CC. The summed E-state index contributed by atoms with van der Waals surface area (Å²) in [5.41, 5.74) is 2.03. The molecule has 0 radical (unpaired) electrons. The Morgan fingerprint density at radius 3 is 1.58 bits per heavy atom. The van der Waals surface area contributed by atoms with E-state index in [1.807, 2.05) is 85.0 Å². The third kappa shape index (κ3) is 6.61. The zero-order valence-electron chi connectivity index (χ0n) is 18.7. The first-order chi connectivity index (χ1) is 15.0. The number of benzene rings is 2. The van der Waals surface area contributed by atoms with Gasteiger partial charge in [-0.25, -0.2) is 0 Å². The predicted octanol–water partition coefficient (Wildman–Crippen LogP) is 7.18. The van der Waals surface area contributed by atoms with Gasteiger partial charge in [0.25, 0.3) is 0 Å². The van der Waals surface area contributed by atoms with Gasteiger partial charge >= 0.3 is 7.60 Å². The molecule has 0 N–H and O–H groups in total. The summed E-state index contributed by atoms with van der Waals surface area (Å²) in [4.78, 5) is 13.3. The molecule has 2 aromatic rings. The van der Waals surface area contributed by atoms with Crippen molar-refractivity contribution in [1.29, 1.82) is 0 Å². The molecule has 0 aromatic heterocycles. The van der Waals surface area contributed by atoms with E-state index in [1.165, 1.54) is 0 Å². The molecular weight excluding hydrogens is 407 g/mol. The van der Waals surface area contributed by atoms with Crippen molar-refractivity contribution in [2.45, 2.75) is 45.2 Å². The van der Waals surface area contributed by atoms with Gasteiger partial charge < -0.3 is 9.05 Å². The van der Waals surface area contributed by atoms with E-state index < -0.39 is 12.8 Å². The Hall–Kier alpha value is -2.26. The number of rotatable bonds is 13. The predicted molar refractivity (Wildman–Crippen MR) is 129 cm³/mol. The minimum absolute atomic E-state index is 0.117. The molecule has 0 aliphatic carbocycles. The van der Waals surface area contributed by atoms with Crippen molar-refractivity contribution in [3.8, 4) is 0 Å². The van der Waals surface area contributed by atoms with Crippen LogP contribution in [0.5, 0.6) is 0 Å². The molecule has 31 heavy (non-hydrogen) atoms. The molecular formula is C26H33O4P. The van der Waals surface area contributed by atoms with Crippen molar-refractivity contribution in [2.24, 2.45) is 0 Å². The normalized spacial score (nSPS) is 12.6. The molecule has 0 aliphatic rings. The van der Waals surface area contributed by atoms with E-state index in [4.69, 9.17) is 9.05 Å². The van der Waals surface area contributed by atoms with Gasteiger partial charge in [-0.3, -0.25) is 9.36 Å². The van der Waals surface area contributed by atoms with Crippen molar-refractivity contribution in [1.82, 2.24) is 0 Å². The largest absolute Gasteiger partial charge is 0.344 e. The van der Waals surface area contributed by atoms with Crippen molar-refractivity contribution >= 4 is 25.5 Å². The summed E-state index contributed by atoms with van der Waals surface area (Å²) in [6.45, 7) is 5.75. The number of carbonyl (C=O) groups is 1. The molecule has 0 spiro atoms. The second-order valence-electron chi connectivity index (χ2n) is 7.18. The second kappa shape index (κ2) is 12.6. The molecule has 5 heteroatoms. The van der Waals surface area contributed by atoms with Gasteiger partial charge in [-0.15, -0.1) is 0 Å². The minimum Gasteiger partial charge on any atom is -0.308 e. The smallest absolute Gasteiger partial charge is 0.308 e. The van der Waals surface area contributed by atoms with E-state index in [1.54, 1.807) is 20.8 Å². The van der Waals surface area contributed by atoms with E-state index in [-0.39, 0.29) is 38.3 Å². The zero-order chi connectivity index (χ0) is 22.6.